The molecule has 0 amide bonds. The molecule has 128 valence electrons. The van der Waals surface area contributed by atoms with Crippen LogP contribution in [0.2, 0.25) is 5.02 Å². The van der Waals surface area contributed by atoms with E-state index >= 15 is 0 Å². The van der Waals surface area contributed by atoms with E-state index in [-0.39, 0.29) is 16.9 Å². The van der Waals surface area contributed by atoms with Crippen molar-refractivity contribution < 1.29 is 19.1 Å². The second-order valence-corrected chi connectivity index (χ2v) is 6.13. The Bertz CT molecular complexity index is 1000. The molecular weight excluding hydrogens is 344 g/mol. The Hall–Kier alpha value is -2.79. The van der Waals surface area contributed by atoms with Crippen molar-refractivity contribution in [2.75, 3.05) is 0 Å². The molecule has 2 aromatic carbocycles. The third kappa shape index (κ3) is 3.37. The second kappa shape index (κ2) is 6.61. The fourth-order valence-corrected chi connectivity index (χ4v) is 2.55. The highest BCUT2D eigenvalue weighted by Crippen LogP contribution is 2.32. The Balaban J connectivity index is 2.29. The lowest BCUT2D eigenvalue weighted by Crippen LogP contribution is -2.26. The molecule has 25 heavy (non-hydrogen) atoms. The zero-order chi connectivity index (χ0) is 18.1. The number of carboxylic acids is 1. The quantitative estimate of drug-likeness (QED) is 0.753. The van der Waals surface area contributed by atoms with Crippen LogP contribution in [0.5, 0.6) is 5.75 Å². The zero-order valence-electron chi connectivity index (χ0n) is 13.6. The molecule has 1 heterocycles. The molecule has 3 rings (SSSR count). The molecule has 0 bridgehead atoms. The molecule has 0 aliphatic carbocycles. The first-order valence-electron chi connectivity index (χ1n) is 7.59. The number of rotatable bonds is 4. The highest BCUT2D eigenvalue weighted by Gasteiger charge is 2.22. The van der Waals surface area contributed by atoms with E-state index in [0.717, 1.165) is 5.56 Å². The summed E-state index contributed by atoms with van der Waals surface area (Å²) in [4.78, 5) is 24.0. The number of carboxylic acid groups (broad SMARTS) is 1. The van der Waals surface area contributed by atoms with Crippen LogP contribution in [0.3, 0.4) is 0 Å². The maximum atomic E-state index is 12.9. The highest BCUT2D eigenvalue weighted by molar-refractivity contribution is 6.31. The van der Waals surface area contributed by atoms with Crippen LogP contribution in [0.15, 0.2) is 51.7 Å². The maximum absolute atomic E-state index is 12.9. The second-order valence-electron chi connectivity index (χ2n) is 5.69. The molecule has 0 radical (unpaired) electrons. The predicted molar refractivity (Wildman–Crippen MR) is 95.4 cm³/mol. The van der Waals surface area contributed by atoms with E-state index in [2.05, 4.69) is 0 Å². The molecule has 0 saturated heterocycles. The average Bonchev–Trinajstić information content (AvgIpc) is 2.58. The number of hydrogen-bond donors (Lipinski definition) is 1. The van der Waals surface area contributed by atoms with Crippen molar-refractivity contribution in [3.05, 3.63) is 63.3 Å². The van der Waals surface area contributed by atoms with Crippen molar-refractivity contribution in [3.8, 4) is 17.1 Å². The van der Waals surface area contributed by atoms with E-state index < -0.39 is 17.5 Å². The maximum Gasteiger partial charge on any atom is 0.344 e. The average molecular weight is 359 g/mol. The summed E-state index contributed by atoms with van der Waals surface area (Å²) >= 11 is 5.96. The first-order valence-corrected chi connectivity index (χ1v) is 7.97. The number of halogens is 1. The van der Waals surface area contributed by atoms with Crippen LogP contribution in [-0.2, 0) is 4.79 Å². The molecule has 0 aliphatic rings. The lowest BCUT2D eigenvalue weighted by Gasteiger charge is -2.14. The SMILES string of the molecule is Cc1ccc(-c2oc3ccc(Cl)cc3c(=O)c2O[C@H](C)C(=O)O)cc1. The van der Waals surface area contributed by atoms with Crippen molar-refractivity contribution >= 4 is 28.5 Å². The minimum Gasteiger partial charge on any atom is -0.479 e. The Kier molecular flexibility index (Phi) is 4.51. The molecule has 1 atom stereocenters. The summed E-state index contributed by atoms with van der Waals surface area (Å²) in [5.41, 5.74) is 1.54. The van der Waals surface area contributed by atoms with Crippen LogP contribution in [0.25, 0.3) is 22.3 Å². The molecule has 0 aliphatic heterocycles. The Morgan fingerprint density at radius 1 is 1.20 bits per heavy atom. The van der Waals surface area contributed by atoms with E-state index in [9.17, 15) is 9.59 Å². The number of fused-ring (bicyclic) bond motifs is 1. The Morgan fingerprint density at radius 3 is 2.52 bits per heavy atom. The minimum absolute atomic E-state index is 0.145. The molecule has 6 heteroatoms. The summed E-state index contributed by atoms with van der Waals surface area (Å²) in [6.07, 6.45) is -1.20. The molecule has 5 nitrogen and oxygen atoms in total. The van der Waals surface area contributed by atoms with Crippen molar-refractivity contribution in [1.29, 1.82) is 0 Å². The van der Waals surface area contributed by atoms with Gasteiger partial charge in [0.1, 0.15) is 5.58 Å². The van der Waals surface area contributed by atoms with Crippen LogP contribution in [0, 0.1) is 6.92 Å². The molecule has 3 aromatic rings. The smallest absolute Gasteiger partial charge is 0.344 e. The lowest BCUT2D eigenvalue weighted by atomic mass is 10.1. The van der Waals surface area contributed by atoms with Gasteiger partial charge in [-0.2, -0.15) is 0 Å². The van der Waals surface area contributed by atoms with Crippen LogP contribution >= 0.6 is 11.6 Å². The van der Waals surface area contributed by atoms with Gasteiger partial charge in [-0.05, 0) is 32.0 Å². The number of benzene rings is 2. The summed E-state index contributed by atoms with van der Waals surface area (Å²) in [7, 11) is 0. The molecule has 0 saturated carbocycles. The summed E-state index contributed by atoms with van der Waals surface area (Å²) in [5, 5.41) is 9.72. The number of aryl methyl sites for hydroxylation is 1. The van der Waals surface area contributed by atoms with E-state index in [0.29, 0.717) is 16.2 Å². The van der Waals surface area contributed by atoms with Crippen LogP contribution < -0.4 is 10.2 Å². The van der Waals surface area contributed by atoms with Gasteiger partial charge in [0.15, 0.2) is 11.9 Å². The summed E-state index contributed by atoms with van der Waals surface area (Å²) in [5.74, 6) is -1.14. The summed E-state index contributed by atoms with van der Waals surface area (Å²) in [6.45, 7) is 3.29. The molecule has 1 aromatic heterocycles. The lowest BCUT2D eigenvalue weighted by molar-refractivity contribution is -0.144. The molecule has 1 N–H and O–H groups in total. The van der Waals surface area contributed by atoms with Gasteiger partial charge in [0, 0.05) is 10.6 Å². The van der Waals surface area contributed by atoms with Gasteiger partial charge in [-0.25, -0.2) is 4.79 Å². The summed E-state index contributed by atoms with van der Waals surface area (Å²) in [6, 6.07) is 12.0. The van der Waals surface area contributed by atoms with Gasteiger partial charge in [-0.15, -0.1) is 0 Å². The number of hydrogen-bond acceptors (Lipinski definition) is 4. The van der Waals surface area contributed by atoms with Gasteiger partial charge in [0.2, 0.25) is 11.2 Å². The first-order chi connectivity index (χ1) is 11.9. The van der Waals surface area contributed by atoms with E-state index in [1.165, 1.54) is 13.0 Å². The van der Waals surface area contributed by atoms with Crippen molar-refractivity contribution in [3.63, 3.8) is 0 Å². The van der Waals surface area contributed by atoms with Gasteiger partial charge in [0.25, 0.3) is 0 Å². The zero-order valence-corrected chi connectivity index (χ0v) is 14.3. The van der Waals surface area contributed by atoms with Gasteiger partial charge >= 0.3 is 5.97 Å². The van der Waals surface area contributed by atoms with E-state index in [4.69, 9.17) is 25.9 Å². The van der Waals surface area contributed by atoms with Crippen molar-refractivity contribution in [1.82, 2.24) is 0 Å². The molecular formula is C19H15ClO5. The van der Waals surface area contributed by atoms with E-state index in [1.54, 1.807) is 24.3 Å². The highest BCUT2D eigenvalue weighted by atomic mass is 35.5. The number of carbonyl (C=O) groups is 1. The third-order valence-corrected chi connectivity index (χ3v) is 4.00. The largest absolute Gasteiger partial charge is 0.479 e. The van der Waals surface area contributed by atoms with Crippen molar-refractivity contribution in [2.45, 2.75) is 20.0 Å². The fourth-order valence-electron chi connectivity index (χ4n) is 2.38. The molecule has 0 unspecified atom stereocenters. The fraction of sp³-hybridized carbons (Fsp3) is 0.158. The molecule has 0 spiro atoms. The van der Waals surface area contributed by atoms with Crippen LogP contribution in [0.4, 0.5) is 0 Å². The van der Waals surface area contributed by atoms with Gasteiger partial charge in [-0.3, -0.25) is 4.79 Å². The van der Waals surface area contributed by atoms with Gasteiger partial charge < -0.3 is 14.3 Å². The number of ether oxygens (including phenoxy) is 1. The monoisotopic (exact) mass is 358 g/mol. The summed E-state index contributed by atoms with van der Waals surface area (Å²) < 4.78 is 11.3. The van der Waals surface area contributed by atoms with Crippen LogP contribution in [0.1, 0.15) is 12.5 Å². The Morgan fingerprint density at radius 2 is 1.88 bits per heavy atom. The van der Waals surface area contributed by atoms with Gasteiger partial charge in [-0.1, -0.05) is 41.4 Å². The van der Waals surface area contributed by atoms with E-state index in [1.807, 2.05) is 19.1 Å². The topological polar surface area (TPSA) is 76.7 Å². The normalized spacial score (nSPS) is 12.1. The van der Waals surface area contributed by atoms with Gasteiger partial charge in [0.05, 0.1) is 5.39 Å². The molecule has 0 fully saturated rings. The van der Waals surface area contributed by atoms with Crippen molar-refractivity contribution in [2.24, 2.45) is 0 Å². The first kappa shape index (κ1) is 17.0. The Labute approximate surface area is 148 Å². The predicted octanol–water partition coefficient (Wildman–Crippen LogP) is 4.27. The third-order valence-electron chi connectivity index (χ3n) is 3.77. The standard InChI is InChI=1S/C19H15ClO5/c1-10-3-5-12(6-4-10)17-18(24-11(2)19(22)23)16(21)14-9-13(20)7-8-15(14)25-17/h3-9,11H,1-2H3,(H,22,23)/t11-/m1/s1. The van der Waals surface area contributed by atoms with Crippen LogP contribution in [-0.4, -0.2) is 17.2 Å². The number of aliphatic carboxylic acids is 1. The minimum atomic E-state index is -1.20.